The van der Waals surface area contributed by atoms with Crippen molar-refractivity contribution in [1.82, 2.24) is 19.9 Å². The van der Waals surface area contributed by atoms with Gasteiger partial charge in [0.15, 0.2) is 5.69 Å². The topological polar surface area (TPSA) is 107 Å². The minimum Gasteiger partial charge on any atom is -0.371 e. The van der Waals surface area contributed by atoms with Gasteiger partial charge in [-0.2, -0.15) is 4.36 Å². The molecule has 0 N–H and O–H groups in total. The summed E-state index contributed by atoms with van der Waals surface area (Å²) in [6, 6.07) is 0.0785. The Labute approximate surface area is 159 Å². The van der Waals surface area contributed by atoms with Crippen molar-refractivity contribution in [3.05, 3.63) is 11.4 Å². The number of ether oxygens (including phenoxy) is 1. The molecule has 3 heterocycles. The Morgan fingerprint density at radius 3 is 2.52 bits per heavy atom. The molecule has 0 aromatic carbocycles. The van der Waals surface area contributed by atoms with Crippen LogP contribution in [0.3, 0.4) is 0 Å². The van der Waals surface area contributed by atoms with Crippen LogP contribution in [0.1, 0.15) is 55.8 Å². The highest BCUT2D eigenvalue weighted by molar-refractivity contribution is 7.93. The second-order valence-electron chi connectivity index (χ2n) is 7.61. The first kappa shape index (κ1) is 19.9. The lowest BCUT2D eigenvalue weighted by Gasteiger charge is -2.45. The highest BCUT2D eigenvalue weighted by Gasteiger charge is 2.42. The van der Waals surface area contributed by atoms with Crippen LogP contribution < -0.4 is 0 Å². The van der Waals surface area contributed by atoms with Gasteiger partial charge in [0.25, 0.3) is 0 Å². The summed E-state index contributed by atoms with van der Waals surface area (Å²) in [5.74, 6) is 0.00630. The molecule has 0 bridgehead atoms. The van der Waals surface area contributed by atoms with Gasteiger partial charge in [0.05, 0.1) is 27.6 Å². The maximum absolute atomic E-state index is 13.1. The lowest BCUT2D eigenvalue weighted by Crippen LogP contribution is -2.56. The first-order valence-corrected chi connectivity index (χ1v) is 11.1. The van der Waals surface area contributed by atoms with Gasteiger partial charge in [-0.1, -0.05) is 5.21 Å². The van der Waals surface area contributed by atoms with Crippen molar-refractivity contribution in [2.75, 3.05) is 31.2 Å². The number of amides is 2. The maximum atomic E-state index is 13.1. The van der Waals surface area contributed by atoms with E-state index < -0.39 is 21.2 Å². The van der Waals surface area contributed by atoms with Gasteiger partial charge in [-0.3, -0.25) is 9.59 Å². The number of nitrogens with zero attached hydrogens (tertiary/aromatic N) is 5. The van der Waals surface area contributed by atoms with Crippen molar-refractivity contribution in [3.63, 3.8) is 0 Å². The van der Waals surface area contributed by atoms with E-state index in [4.69, 9.17) is 4.74 Å². The highest BCUT2D eigenvalue weighted by atomic mass is 32.2. The zero-order valence-electron chi connectivity index (χ0n) is 16.3. The van der Waals surface area contributed by atoms with Gasteiger partial charge in [-0.15, -0.1) is 5.10 Å². The smallest absolute Gasteiger partial charge is 0.307 e. The van der Waals surface area contributed by atoms with Gasteiger partial charge < -0.3 is 9.64 Å². The van der Waals surface area contributed by atoms with Crippen LogP contribution in [-0.2, 0) is 19.3 Å². The van der Waals surface area contributed by atoms with E-state index in [9.17, 15) is 13.8 Å². The highest BCUT2D eigenvalue weighted by Crippen LogP contribution is 2.32. The van der Waals surface area contributed by atoms with E-state index in [1.807, 2.05) is 13.8 Å². The van der Waals surface area contributed by atoms with Gasteiger partial charge in [-0.05, 0) is 33.6 Å². The molecule has 0 radical (unpaired) electrons. The molecule has 150 valence electrons. The fourth-order valence-electron chi connectivity index (χ4n) is 3.65. The van der Waals surface area contributed by atoms with Crippen molar-refractivity contribution in [2.45, 2.75) is 52.2 Å². The summed E-state index contributed by atoms with van der Waals surface area (Å²) >= 11 is 0. The fourth-order valence-corrected chi connectivity index (χ4v) is 5.81. The molecule has 0 aliphatic carbocycles. The van der Waals surface area contributed by atoms with Crippen LogP contribution in [0.5, 0.6) is 0 Å². The average Bonchev–Trinajstić information content (AvgIpc) is 3.00. The second kappa shape index (κ2) is 7.31. The van der Waals surface area contributed by atoms with E-state index in [1.54, 1.807) is 23.4 Å². The Balaban J connectivity index is 1.74. The Hall–Kier alpha value is -1.81. The van der Waals surface area contributed by atoms with Crippen molar-refractivity contribution in [1.29, 1.82) is 0 Å². The van der Waals surface area contributed by atoms with Crippen LogP contribution in [0.2, 0.25) is 0 Å². The van der Waals surface area contributed by atoms with Gasteiger partial charge in [-0.25, -0.2) is 8.89 Å². The molecule has 3 rings (SSSR count). The predicted octanol–water partition coefficient (Wildman–Crippen LogP) is 1.19. The quantitative estimate of drug-likeness (QED) is 0.742. The van der Waals surface area contributed by atoms with E-state index in [1.165, 1.54) is 0 Å². The minimum atomic E-state index is -2.66. The van der Waals surface area contributed by atoms with Gasteiger partial charge in [0.2, 0.25) is 5.91 Å². The fraction of sp³-hybridized carbons (Fsp3) is 0.765. The van der Waals surface area contributed by atoms with Crippen molar-refractivity contribution in [3.8, 4) is 0 Å². The minimum absolute atomic E-state index is 0.0209. The normalized spacial score (nSPS) is 28.6. The largest absolute Gasteiger partial charge is 0.371 e. The van der Waals surface area contributed by atoms with E-state index >= 15 is 0 Å². The number of aromatic nitrogens is 3. The first-order chi connectivity index (χ1) is 12.6. The Kier molecular flexibility index (Phi) is 5.40. The lowest BCUT2D eigenvalue weighted by atomic mass is 9.94. The van der Waals surface area contributed by atoms with E-state index in [2.05, 4.69) is 14.7 Å². The molecule has 2 amide bonds. The molecular weight excluding hydrogens is 370 g/mol. The molecule has 10 heteroatoms. The third kappa shape index (κ3) is 4.06. The Morgan fingerprint density at radius 1 is 1.30 bits per heavy atom. The molecule has 2 fully saturated rings. The SMILES string of the molecule is CC(=O)N1CCOC2(CCS(=O)(=NC(=O)c3nnn(C(C)C)c3C)CC2)C1. The van der Waals surface area contributed by atoms with Crippen LogP contribution >= 0.6 is 0 Å². The summed E-state index contributed by atoms with van der Waals surface area (Å²) in [5, 5.41) is 7.90. The maximum Gasteiger partial charge on any atom is 0.307 e. The molecule has 2 saturated heterocycles. The molecule has 1 aromatic heterocycles. The lowest BCUT2D eigenvalue weighted by molar-refractivity contribution is -0.150. The number of rotatable bonds is 2. The molecule has 0 unspecified atom stereocenters. The van der Waals surface area contributed by atoms with Gasteiger partial charge in [0, 0.05) is 37.6 Å². The number of carbonyl (C=O) groups is 2. The number of hydrogen-bond acceptors (Lipinski definition) is 6. The third-order valence-corrected chi connectivity index (χ3v) is 7.50. The summed E-state index contributed by atoms with van der Waals surface area (Å²) in [6.45, 7) is 8.77. The summed E-state index contributed by atoms with van der Waals surface area (Å²) < 4.78 is 24.7. The summed E-state index contributed by atoms with van der Waals surface area (Å²) in [6.07, 6.45) is 1.04. The monoisotopic (exact) mass is 397 g/mol. The number of morpholine rings is 1. The average molecular weight is 398 g/mol. The first-order valence-electron chi connectivity index (χ1n) is 9.23. The zero-order valence-corrected chi connectivity index (χ0v) is 17.1. The van der Waals surface area contributed by atoms with E-state index in [0.717, 1.165) is 0 Å². The molecular formula is C17H27N5O4S. The van der Waals surface area contributed by atoms with E-state index in [-0.39, 0.29) is 29.1 Å². The molecule has 2 aliphatic heterocycles. The molecule has 1 aromatic rings. The van der Waals surface area contributed by atoms with Crippen molar-refractivity contribution in [2.24, 2.45) is 4.36 Å². The molecule has 9 nitrogen and oxygen atoms in total. The molecule has 0 saturated carbocycles. The number of carbonyl (C=O) groups excluding carboxylic acids is 2. The van der Waals surface area contributed by atoms with Crippen LogP contribution in [0.25, 0.3) is 0 Å². The molecule has 0 atom stereocenters. The molecule has 27 heavy (non-hydrogen) atoms. The van der Waals surface area contributed by atoms with Gasteiger partial charge in [0.1, 0.15) is 0 Å². The standard InChI is InChI=1S/C17H27N5O4S/c1-12(2)22-13(3)15(18-20-22)16(24)19-27(25)9-5-17(6-10-27)11-21(14(4)23)7-8-26-17/h12H,5-11H2,1-4H3. The summed E-state index contributed by atoms with van der Waals surface area (Å²) in [5.41, 5.74) is 0.310. The number of hydrogen-bond donors (Lipinski definition) is 0. The predicted molar refractivity (Wildman–Crippen MR) is 99.9 cm³/mol. The van der Waals surface area contributed by atoms with Crippen LogP contribution in [-0.4, -0.2) is 72.7 Å². The van der Waals surface area contributed by atoms with Crippen molar-refractivity contribution >= 4 is 21.5 Å². The van der Waals surface area contributed by atoms with Crippen LogP contribution in [0.4, 0.5) is 0 Å². The Morgan fingerprint density at radius 2 is 1.96 bits per heavy atom. The van der Waals surface area contributed by atoms with Gasteiger partial charge >= 0.3 is 5.91 Å². The van der Waals surface area contributed by atoms with E-state index in [0.29, 0.717) is 38.2 Å². The third-order valence-electron chi connectivity index (χ3n) is 5.32. The summed E-state index contributed by atoms with van der Waals surface area (Å²) in [4.78, 5) is 26.0. The van der Waals surface area contributed by atoms with Crippen molar-refractivity contribution < 1.29 is 18.5 Å². The summed E-state index contributed by atoms with van der Waals surface area (Å²) in [7, 11) is -2.66. The second-order valence-corrected chi connectivity index (χ2v) is 10.2. The molecule has 1 spiro atoms. The zero-order chi connectivity index (χ0) is 19.8. The molecule has 2 aliphatic rings. The Bertz CT molecular complexity index is 855. The van der Waals surface area contributed by atoms with Crippen LogP contribution in [0.15, 0.2) is 4.36 Å². The van der Waals surface area contributed by atoms with Crippen LogP contribution in [0, 0.1) is 6.92 Å².